The quantitative estimate of drug-likeness (QED) is 0.680. The van der Waals surface area contributed by atoms with Gasteiger partial charge in [-0.2, -0.15) is 13.2 Å². The van der Waals surface area contributed by atoms with Crippen molar-refractivity contribution in [2.75, 3.05) is 6.54 Å². The van der Waals surface area contributed by atoms with Crippen LogP contribution in [0.2, 0.25) is 0 Å². The molecule has 27 heavy (non-hydrogen) atoms. The number of likely N-dealkylation sites (tertiary alicyclic amines) is 1. The number of carbonyl (C=O) groups excluding carboxylic acids is 2. The number of primary amides is 1. The Morgan fingerprint density at radius 3 is 2.59 bits per heavy atom. The average Bonchev–Trinajstić information content (AvgIpc) is 2.98. The average molecular weight is 448 g/mol. The van der Waals surface area contributed by atoms with Gasteiger partial charge in [-0.05, 0) is 36.8 Å². The predicted octanol–water partition coefficient (Wildman–Crippen LogP) is 3.52. The van der Waals surface area contributed by atoms with Gasteiger partial charge in [-0.15, -0.1) is 0 Å². The van der Waals surface area contributed by atoms with Crippen LogP contribution in [0.1, 0.15) is 22.3 Å². The molecule has 1 aromatic carbocycles. The van der Waals surface area contributed by atoms with Gasteiger partial charge >= 0.3 is 12.2 Å². The Bertz CT molecular complexity index is 860. The zero-order valence-corrected chi connectivity index (χ0v) is 15.3. The minimum atomic E-state index is -4.77. The van der Waals surface area contributed by atoms with Gasteiger partial charge in [0.05, 0.1) is 11.6 Å². The normalized spacial score (nSPS) is 22.0. The number of amides is 3. The van der Waals surface area contributed by atoms with Crippen molar-refractivity contribution in [2.24, 2.45) is 11.7 Å². The maximum atomic E-state index is 13.5. The first-order valence-electron chi connectivity index (χ1n) is 7.90. The highest BCUT2D eigenvalue weighted by Crippen LogP contribution is 2.38. The fraction of sp³-hybridized carbons (Fsp3) is 0.294. The van der Waals surface area contributed by atoms with E-state index in [0.29, 0.717) is 25.1 Å². The lowest BCUT2D eigenvalue weighted by molar-refractivity contribution is -0.137. The lowest BCUT2D eigenvalue weighted by Gasteiger charge is -2.28. The molecule has 3 rings (SSSR count). The Morgan fingerprint density at radius 2 is 1.96 bits per heavy atom. The van der Waals surface area contributed by atoms with Crippen molar-refractivity contribution in [2.45, 2.75) is 18.6 Å². The van der Waals surface area contributed by atoms with Crippen molar-refractivity contribution in [3.8, 4) is 0 Å². The second-order valence-electron chi connectivity index (χ2n) is 6.25. The molecule has 10 heteroatoms. The summed E-state index contributed by atoms with van der Waals surface area (Å²) in [5.74, 6) is -2.07. The number of urea groups is 1. The van der Waals surface area contributed by atoms with Crippen LogP contribution in [0.15, 0.2) is 40.5 Å². The number of benzene rings is 1. The Balaban J connectivity index is 1.85. The Kier molecular flexibility index (Phi) is 5.02. The Hall–Kier alpha value is -2.36. The molecule has 0 bridgehead atoms. The first kappa shape index (κ1) is 19.4. The summed E-state index contributed by atoms with van der Waals surface area (Å²) in [4.78, 5) is 25.3. The van der Waals surface area contributed by atoms with Crippen molar-refractivity contribution in [1.82, 2.24) is 10.2 Å². The van der Waals surface area contributed by atoms with E-state index in [1.807, 2.05) is 0 Å². The maximum Gasteiger partial charge on any atom is 0.416 e. The first-order chi connectivity index (χ1) is 12.6. The molecule has 2 unspecified atom stereocenters. The van der Waals surface area contributed by atoms with E-state index >= 15 is 0 Å². The summed E-state index contributed by atoms with van der Waals surface area (Å²) in [7, 11) is 0. The summed E-state index contributed by atoms with van der Waals surface area (Å²) in [6, 6.07) is 0.637. The number of hydrogen-bond acceptors (Lipinski definition) is 2. The number of fused-ring (bicyclic) bond motifs is 1. The van der Waals surface area contributed by atoms with Gasteiger partial charge < -0.3 is 16.0 Å². The molecule has 1 aliphatic heterocycles. The monoisotopic (exact) mass is 447 g/mol. The van der Waals surface area contributed by atoms with Crippen molar-refractivity contribution < 1.29 is 27.2 Å². The summed E-state index contributed by atoms with van der Waals surface area (Å²) < 4.78 is 52.7. The van der Waals surface area contributed by atoms with Gasteiger partial charge in [-0.3, -0.25) is 4.79 Å². The van der Waals surface area contributed by atoms with Gasteiger partial charge in [0.15, 0.2) is 0 Å². The van der Waals surface area contributed by atoms with E-state index in [0.717, 1.165) is 10.5 Å². The molecule has 1 aliphatic carbocycles. The van der Waals surface area contributed by atoms with Crippen LogP contribution in [0.25, 0.3) is 0 Å². The molecule has 2 atom stereocenters. The third kappa shape index (κ3) is 4.00. The van der Waals surface area contributed by atoms with E-state index in [4.69, 9.17) is 5.73 Å². The number of rotatable bonds is 2. The Labute approximate surface area is 160 Å². The van der Waals surface area contributed by atoms with Crippen LogP contribution in [0.4, 0.5) is 22.4 Å². The Morgan fingerprint density at radius 1 is 1.26 bits per heavy atom. The van der Waals surface area contributed by atoms with E-state index in [1.165, 1.54) is 4.90 Å². The van der Waals surface area contributed by atoms with E-state index in [-0.39, 0.29) is 17.7 Å². The largest absolute Gasteiger partial charge is 0.416 e. The third-order valence-electron chi connectivity index (χ3n) is 4.48. The molecule has 2 aliphatic rings. The molecule has 0 aromatic heterocycles. The summed E-state index contributed by atoms with van der Waals surface area (Å²) in [6.45, 7) is 0.449. The van der Waals surface area contributed by atoms with Crippen molar-refractivity contribution >= 4 is 27.9 Å². The minimum Gasteiger partial charge on any atom is -0.351 e. The highest BCUT2D eigenvalue weighted by molar-refractivity contribution is 9.11. The van der Waals surface area contributed by atoms with Crippen LogP contribution in [0.5, 0.6) is 0 Å². The van der Waals surface area contributed by atoms with Gasteiger partial charge in [0.1, 0.15) is 5.82 Å². The molecule has 5 nitrogen and oxygen atoms in total. The molecule has 1 heterocycles. The van der Waals surface area contributed by atoms with Crippen molar-refractivity contribution in [3.63, 3.8) is 0 Å². The van der Waals surface area contributed by atoms with Crippen molar-refractivity contribution in [1.29, 1.82) is 0 Å². The summed E-state index contributed by atoms with van der Waals surface area (Å²) in [6.07, 6.45) is -0.882. The number of hydrogen-bond donors (Lipinski definition) is 2. The van der Waals surface area contributed by atoms with E-state index in [2.05, 4.69) is 21.2 Å². The van der Waals surface area contributed by atoms with Gasteiger partial charge in [0.2, 0.25) is 0 Å². The highest BCUT2D eigenvalue weighted by Gasteiger charge is 2.38. The number of nitrogens with one attached hydrogen (secondary N) is 1. The molecule has 0 saturated carbocycles. The predicted molar refractivity (Wildman–Crippen MR) is 92.1 cm³/mol. The number of nitrogens with two attached hydrogens (primary N) is 1. The molecular formula is C17H14BrF4N3O2. The number of halogens is 5. The molecule has 144 valence electrons. The smallest absolute Gasteiger partial charge is 0.351 e. The van der Waals surface area contributed by atoms with E-state index < -0.39 is 35.1 Å². The van der Waals surface area contributed by atoms with Crippen LogP contribution in [0.3, 0.4) is 0 Å². The van der Waals surface area contributed by atoms with Crippen LogP contribution in [-0.4, -0.2) is 29.4 Å². The fourth-order valence-electron chi connectivity index (χ4n) is 3.23. The minimum absolute atomic E-state index is 0.0100. The topological polar surface area (TPSA) is 75.4 Å². The first-order valence-corrected chi connectivity index (χ1v) is 8.69. The van der Waals surface area contributed by atoms with Gasteiger partial charge in [0, 0.05) is 28.2 Å². The summed E-state index contributed by atoms with van der Waals surface area (Å²) >= 11 is 3.39. The molecule has 3 amide bonds. The van der Waals surface area contributed by atoms with Crippen LogP contribution >= 0.6 is 15.9 Å². The van der Waals surface area contributed by atoms with E-state index in [9.17, 15) is 27.2 Å². The van der Waals surface area contributed by atoms with E-state index in [1.54, 1.807) is 12.2 Å². The molecular weight excluding hydrogens is 434 g/mol. The maximum absolute atomic E-state index is 13.5. The molecule has 0 spiro atoms. The second kappa shape index (κ2) is 6.99. The lowest BCUT2D eigenvalue weighted by Crippen LogP contribution is -2.42. The van der Waals surface area contributed by atoms with Gasteiger partial charge in [0.25, 0.3) is 5.91 Å². The van der Waals surface area contributed by atoms with Gasteiger partial charge in [-0.25, -0.2) is 9.18 Å². The summed E-state index contributed by atoms with van der Waals surface area (Å²) in [5.41, 5.74) is 3.91. The molecule has 3 N–H and O–H groups in total. The number of allylic oxidation sites excluding steroid dienone is 1. The number of carbonyl (C=O) groups is 2. The van der Waals surface area contributed by atoms with Crippen LogP contribution < -0.4 is 11.1 Å². The molecule has 1 aromatic rings. The standard InChI is InChI=1S/C17H14BrF4N3O2/c18-13-6-11(7-14-12(13)1-2-25(14)16(23)27)24-15(26)8-3-9(17(20,21)22)5-10(19)4-8/h3-7,12,14H,1-2H2,(H2,23,27)(H,24,26). The van der Waals surface area contributed by atoms with Crippen LogP contribution in [0, 0.1) is 11.7 Å². The summed E-state index contributed by atoms with van der Waals surface area (Å²) in [5, 5.41) is 2.45. The zero-order chi connectivity index (χ0) is 19.9. The molecule has 1 fully saturated rings. The fourth-order valence-corrected chi connectivity index (χ4v) is 3.98. The molecule has 1 saturated heterocycles. The zero-order valence-electron chi connectivity index (χ0n) is 13.7. The second-order valence-corrected chi connectivity index (χ2v) is 7.16. The molecule has 0 radical (unpaired) electrons. The SMILES string of the molecule is NC(=O)N1CCC2C(Br)=CC(NC(=O)c3cc(F)cc(C(F)(F)F)c3)=CC21. The highest BCUT2D eigenvalue weighted by atomic mass is 79.9. The lowest BCUT2D eigenvalue weighted by atomic mass is 9.94. The number of nitrogens with zero attached hydrogens (tertiary/aromatic N) is 1. The van der Waals surface area contributed by atoms with Crippen molar-refractivity contribution in [3.05, 3.63) is 57.5 Å². The third-order valence-corrected chi connectivity index (χ3v) is 5.30. The van der Waals surface area contributed by atoms with Crippen LogP contribution in [-0.2, 0) is 6.18 Å². The number of alkyl halides is 3. The van der Waals surface area contributed by atoms with Gasteiger partial charge in [-0.1, -0.05) is 15.9 Å².